The van der Waals surface area contributed by atoms with Gasteiger partial charge in [-0.25, -0.2) is 0 Å². The molecule has 4 aromatic rings. The Morgan fingerprint density at radius 2 is 1.63 bits per heavy atom. The Morgan fingerprint density at radius 3 is 2.43 bits per heavy atom. The van der Waals surface area contributed by atoms with Crippen molar-refractivity contribution >= 4 is 29.5 Å². The largest absolute Gasteiger partial charge is 0.489 e. The summed E-state index contributed by atoms with van der Waals surface area (Å²) in [7, 11) is 3.66. The summed E-state index contributed by atoms with van der Waals surface area (Å²) in [5.74, 6) is 1.24. The lowest BCUT2D eigenvalue weighted by Crippen LogP contribution is -2.58. The van der Waals surface area contributed by atoms with Gasteiger partial charge >= 0.3 is 5.97 Å². The highest BCUT2D eigenvalue weighted by Gasteiger charge is 2.76. The summed E-state index contributed by atoms with van der Waals surface area (Å²) in [5.41, 5.74) is 7.14. The highest BCUT2D eigenvalue weighted by atomic mass is 16.5. The Morgan fingerprint density at radius 1 is 0.843 bits per heavy atom. The molecule has 13 rings (SSSR count). The van der Waals surface area contributed by atoms with Gasteiger partial charge in [-0.1, -0.05) is 91.9 Å². The lowest BCUT2D eigenvalue weighted by Gasteiger charge is -2.51. The number of para-hydroxylation sites is 1. The first-order chi connectivity index (χ1) is 34.1. The molecule has 2 spiro atoms. The van der Waals surface area contributed by atoms with E-state index >= 15 is 0 Å². The number of anilines is 2. The van der Waals surface area contributed by atoms with E-state index in [0.717, 1.165) is 108 Å². The molecule has 70 heavy (non-hydrogen) atoms. The first kappa shape index (κ1) is 44.9. The van der Waals surface area contributed by atoms with Crippen LogP contribution in [0.5, 0.6) is 5.75 Å². The molecule has 3 saturated carbocycles. The van der Waals surface area contributed by atoms with Crippen LogP contribution < -0.4 is 14.5 Å². The number of ether oxygens (including phenoxy) is 3. The normalized spacial score (nSPS) is 36.8. The van der Waals surface area contributed by atoms with Crippen LogP contribution in [-0.4, -0.2) is 99.1 Å². The van der Waals surface area contributed by atoms with Crippen molar-refractivity contribution in [3.63, 3.8) is 0 Å². The van der Waals surface area contributed by atoms with Crippen LogP contribution in [0, 0.1) is 34.5 Å². The van der Waals surface area contributed by atoms with Crippen LogP contribution in [0.4, 0.5) is 11.4 Å². The summed E-state index contributed by atoms with van der Waals surface area (Å²) in [6, 6.07) is 34.3. The zero-order chi connectivity index (χ0) is 47.6. The Labute approximate surface area is 414 Å². The quantitative estimate of drug-likeness (QED) is 0.108. The number of hydrogen-bond donors (Lipinski definition) is 0. The first-order valence-electron chi connectivity index (χ1n) is 26.8. The van der Waals surface area contributed by atoms with Crippen LogP contribution in [0.2, 0.25) is 0 Å². The van der Waals surface area contributed by atoms with Gasteiger partial charge in [-0.2, -0.15) is 0 Å². The number of aryl methyl sites for hydroxylation is 1. The minimum Gasteiger partial charge on any atom is -0.489 e. The molecule has 10 nitrogen and oxygen atoms in total. The number of amides is 1. The Hall–Kier alpha value is -5.03. The summed E-state index contributed by atoms with van der Waals surface area (Å²) in [4.78, 5) is 52.9. The van der Waals surface area contributed by atoms with Crippen molar-refractivity contribution in [2.75, 3.05) is 56.7 Å². The number of esters is 1. The minimum absolute atomic E-state index is 0.0223. The predicted molar refractivity (Wildman–Crippen MR) is 270 cm³/mol. The van der Waals surface area contributed by atoms with E-state index < -0.39 is 16.7 Å². The molecular formula is C60H70N4O6. The molecule has 7 fully saturated rings. The summed E-state index contributed by atoms with van der Waals surface area (Å²) >= 11 is 0. The average molecular weight is 943 g/mol. The maximum atomic E-state index is 14.8. The number of carbonyl (C=O) groups is 3. The molecule has 0 aromatic heterocycles. The van der Waals surface area contributed by atoms with Crippen molar-refractivity contribution in [2.24, 2.45) is 34.5 Å². The summed E-state index contributed by atoms with van der Waals surface area (Å²) in [6.07, 6.45) is 11.6. The summed E-state index contributed by atoms with van der Waals surface area (Å²) < 4.78 is 19.7. The third kappa shape index (κ3) is 6.56. The Bertz CT molecular complexity index is 2700. The molecule has 0 unspecified atom stereocenters. The molecule has 9 aliphatic rings. The summed E-state index contributed by atoms with van der Waals surface area (Å²) in [6.45, 7) is 8.30. The molecule has 6 heterocycles. The van der Waals surface area contributed by atoms with E-state index in [1.54, 1.807) is 0 Å². The van der Waals surface area contributed by atoms with Gasteiger partial charge < -0.3 is 28.8 Å². The molecule has 366 valence electrons. The topological polar surface area (TPSA) is 91.9 Å². The number of hydrogen-bond acceptors (Lipinski definition) is 9. The third-order valence-electron chi connectivity index (χ3n) is 20.6. The predicted octanol–water partition coefficient (Wildman–Crippen LogP) is 8.90. The zero-order valence-corrected chi connectivity index (χ0v) is 41.4. The molecule has 3 aliphatic carbocycles. The smallest absolute Gasteiger partial charge is 0.312 e. The van der Waals surface area contributed by atoms with Gasteiger partial charge in [0, 0.05) is 62.5 Å². The zero-order valence-electron chi connectivity index (χ0n) is 41.4. The summed E-state index contributed by atoms with van der Waals surface area (Å²) in [5, 5.41) is 0. The van der Waals surface area contributed by atoms with E-state index in [1.165, 1.54) is 47.8 Å². The van der Waals surface area contributed by atoms with Crippen LogP contribution in [0.15, 0.2) is 97.1 Å². The fraction of sp³-hybridized carbons (Fsp3) is 0.550. The molecule has 4 saturated heterocycles. The molecule has 0 bridgehead atoms. The fourth-order valence-corrected chi connectivity index (χ4v) is 17.2. The Kier molecular flexibility index (Phi) is 10.8. The van der Waals surface area contributed by atoms with E-state index in [4.69, 9.17) is 14.2 Å². The third-order valence-corrected chi connectivity index (χ3v) is 20.6. The van der Waals surface area contributed by atoms with Crippen LogP contribution in [-0.2, 0) is 54.3 Å². The number of aldehydes is 1. The van der Waals surface area contributed by atoms with Crippen molar-refractivity contribution in [1.29, 1.82) is 0 Å². The number of benzene rings is 4. The first-order valence-corrected chi connectivity index (χ1v) is 26.8. The molecule has 12 atom stereocenters. The van der Waals surface area contributed by atoms with Crippen molar-refractivity contribution < 1.29 is 28.6 Å². The van der Waals surface area contributed by atoms with Gasteiger partial charge in [0.1, 0.15) is 18.1 Å². The van der Waals surface area contributed by atoms with Gasteiger partial charge in [-0.15, -0.1) is 0 Å². The number of rotatable bonds is 11. The average Bonchev–Trinajstić information content (AvgIpc) is 3.57. The van der Waals surface area contributed by atoms with Crippen LogP contribution >= 0.6 is 0 Å². The highest BCUT2D eigenvalue weighted by Crippen LogP contribution is 2.78. The second-order valence-electron chi connectivity index (χ2n) is 23.5. The van der Waals surface area contributed by atoms with E-state index in [2.05, 4.69) is 131 Å². The molecule has 0 N–H and O–H groups in total. The van der Waals surface area contributed by atoms with Gasteiger partial charge in [-0.3, -0.25) is 19.4 Å². The van der Waals surface area contributed by atoms with Gasteiger partial charge in [0.25, 0.3) is 0 Å². The number of piperidine rings is 2. The maximum Gasteiger partial charge on any atom is 0.312 e. The second-order valence-corrected chi connectivity index (χ2v) is 23.5. The van der Waals surface area contributed by atoms with Crippen molar-refractivity contribution in [2.45, 2.75) is 126 Å². The van der Waals surface area contributed by atoms with Gasteiger partial charge in [0.15, 0.2) is 0 Å². The monoisotopic (exact) mass is 943 g/mol. The van der Waals surface area contributed by atoms with Crippen molar-refractivity contribution in [3.05, 3.63) is 125 Å². The number of carbonyl (C=O) groups excluding carboxylic acids is 3. The number of fused-ring (bicyclic) bond motifs is 5. The SMILES string of the molecule is COC(=O)[C@@H]1[C@H]2C[C@@H]3N(CC[C@@]34C(=O)N3CCCc5cccc4c53)C[C@@H]2CC[C@@H]1Oc1ccc([C@@]2(C=O)CCN3C[C@@H]4CC[C@H](OCc5ccccc5)[C@]5(C)C[C@]45C[C@H]32)c(N(C)Cc2ccccc2)c1. The highest BCUT2D eigenvalue weighted by molar-refractivity contribution is 6.10. The van der Waals surface area contributed by atoms with Crippen molar-refractivity contribution in [3.8, 4) is 5.75 Å². The standard InChI is InChI=1S/C60H70N4O6/c1-57-37-59(57)32-51-58(38-65,25-28-63(51)35-43(59)20-24-52(57)69-36-40-14-8-5-9-15-40)46-22-21-44(30-48(46)61(2)33-39-12-6-4-7-13-39)70-49-23-19-42-34-62-29-26-60(50(62)31-45(42)53(49)55(66)68-3)47-18-10-16-41-17-11-27-64(54(41)47)56(60)67/h4-10,12-16,18,21-22,30,38,42-43,45,49-53H,11,17,19-20,23-29,31-37H2,1-3H3/t42-,43-,45-,49-,50-,51-,52-,53+,57-,58-,59+,60-/m0/s1. The molecule has 6 aliphatic heterocycles. The van der Waals surface area contributed by atoms with Crippen LogP contribution in [0.3, 0.4) is 0 Å². The minimum atomic E-state index is -0.691. The van der Waals surface area contributed by atoms with E-state index in [0.29, 0.717) is 30.7 Å². The Balaban J connectivity index is 0.808. The lowest BCUT2D eigenvalue weighted by atomic mass is 9.62. The van der Waals surface area contributed by atoms with E-state index in [9.17, 15) is 14.4 Å². The fourth-order valence-electron chi connectivity index (χ4n) is 17.2. The van der Waals surface area contributed by atoms with Crippen LogP contribution in [0.1, 0.15) is 98.9 Å². The van der Waals surface area contributed by atoms with E-state index in [1.807, 2.05) is 0 Å². The van der Waals surface area contributed by atoms with Gasteiger partial charge in [-0.05, 0) is 141 Å². The van der Waals surface area contributed by atoms with Crippen LogP contribution in [0.25, 0.3) is 0 Å². The van der Waals surface area contributed by atoms with Gasteiger partial charge in [0.2, 0.25) is 5.91 Å². The molecule has 0 radical (unpaired) electrons. The van der Waals surface area contributed by atoms with E-state index in [-0.39, 0.29) is 52.9 Å². The lowest BCUT2D eigenvalue weighted by molar-refractivity contribution is -0.158. The van der Waals surface area contributed by atoms with Crippen molar-refractivity contribution in [1.82, 2.24) is 9.80 Å². The second kappa shape index (κ2) is 16.8. The number of nitrogens with zero attached hydrogens (tertiary/aromatic N) is 4. The van der Waals surface area contributed by atoms with Gasteiger partial charge in [0.05, 0.1) is 42.3 Å². The molecule has 1 amide bonds. The molecular weight excluding hydrogens is 873 g/mol. The molecule has 4 aromatic carbocycles. The number of methoxy groups -OCH3 is 1. The molecule has 10 heteroatoms. The maximum absolute atomic E-state index is 14.8.